The first kappa shape index (κ1) is 11.0. The van der Waals surface area contributed by atoms with Crippen molar-refractivity contribution in [2.45, 2.75) is 11.4 Å². The van der Waals surface area contributed by atoms with E-state index in [1.54, 1.807) is 23.9 Å². The second-order valence-corrected chi connectivity index (χ2v) is 3.80. The summed E-state index contributed by atoms with van der Waals surface area (Å²) >= 11 is 1.58. The van der Waals surface area contributed by atoms with Gasteiger partial charge >= 0.3 is 5.97 Å². The Balaban J connectivity index is 2.51. The van der Waals surface area contributed by atoms with Crippen LogP contribution in [0.25, 0.3) is 0 Å². The molecule has 14 heavy (non-hydrogen) atoms. The number of aromatic carboxylic acids is 1. The quantitative estimate of drug-likeness (QED) is 0.567. The zero-order chi connectivity index (χ0) is 10.4. The summed E-state index contributed by atoms with van der Waals surface area (Å²) in [6, 6.07) is 3.27. The molecule has 0 aromatic carbocycles. The maximum Gasteiger partial charge on any atom is 0.337 e. The predicted octanol–water partition coefficient (Wildman–Crippen LogP) is 1.22. The Morgan fingerprint density at radius 1 is 1.57 bits per heavy atom. The molecule has 0 aliphatic carbocycles. The highest BCUT2D eigenvalue weighted by Gasteiger charge is 2.02. The Morgan fingerprint density at radius 2 is 2.36 bits per heavy atom. The zero-order valence-electron chi connectivity index (χ0n) is 7.64. The van der Waals surface area contributed by atoms with Gasteiger partial charge in [-0.2, -0.15) is 0 Å². The largest absolute Gasteiger partial charge is 0.478 e. The van der Waals surface area contributed by atoms with Gasteiger partial charge in [-0.25, -0.2) is 9.78 Å². The van der Waals surface area contributed by atoms with E-state index in [9.17, 15) is 4.79 Å². The minimum Gasteiger partial charge on any atom is -0.478 e. The smallest absolute Gasteiger partial charge is 0.337 e. The van der Waals surface area contributed by atoms with Crippen LogP contribution in [0.5, 0.6) is 0 Å². The molecule has 0 unspecified atom stereocenters. The van der Waals surface area contributed by atoms with Gasteiger partial charge in [0.05, 0.1) is 10.6 Å². The van der Waals surface area contributed by atoms with Gasteiger partial charge in [0, 0.05) is 11.9 Å². The van der Waals surface area contributed by atoms with Crippen molar-refractivity contribution in [3.63, 3.8) is 0 Å². The van der Waals surface area contributed by atoms with Gasteiger partial charge in [0.1, 0.15) is 0 Å². The van der Waals surface area contributed by atoms with Crippen molar-refractivity contribution in [1.29, 1.82) is 0 Å². The fraction of sp³-hybridized carbons (Fsp3) is 0.333. The van der Waals surface area contributed by atoms with E-state index in [0.29, 0.717) is 6.54 Å². The number of carboxylic acid groups (broad SMARTS) is 1. The third-order valence-electron chi connectivity index (χ3n) is 1.58. The lowest BCUT2D eigenvalue weighted by molar-refractivity contribution is 0.0696. The summed E-state index contributed by atoms with van der Waals surface area (Å²) in [5.41, 5.74) is 5.56. The van der Waals surface area contributed by atoms with Crippen LogP contribution in [0.1, 0.15) is 16.8 Å². The van der Waals surface area contributed by atoms with Crippen LogP contribution >= 0.6 is 11.8 Å². The predicted molar refractivity (Wildman–Crippen MR) is 55.6 cm³/mol. The molecule has 0 bridgehead atoms. The standard InChI is InChI=1S/C9H12N2O2S/c10-4-1-5-14-8-3-2-7(6-11-8)9(12)13/h2-3,6H,1,4-5,10H2,(H,12,13). The molecular formula is C9H12N2O2S. The third-order valence-corrected chi connectivity index (χ3v) is 2.61. The van der Waals surface area contributed by atoms with E-state index in [1.807, 2.05) is 0 Å². The minimum atomic E-state index is -0.948. The fourth-order valence-corrected chi connectivity index (χ4v) is 1.66. The molecule has 0 fully saturated rings. The SMILES string of the molecule is NCCCSc1ccc(C(=O)O)cn1. The van der Waals surface area contributed by atoms with E-state index >= 15 is 0 Å². The van der Waals surface area contributed by atoms with Gasteiger partial charge in [0.15, 0.2) is 0 Å². The molecule has 5 heteroatoms. The van der Waals surface area contributed by atoms with E-state index in [4.69, 9.17) is 10.8 Å². The van der Waals surface area contributed by atoms with Crippen molar-refractivity contribution in [2.24, 2.45) is 5.73 Å². The molecule has 1 aromatic rings. The highest BCUT2D eigenvalue weighted by atomic mass is 32.2. The Labute approximate surface area is 86.5 Å². The minimum absolute atomic E-state index is 0.216. The summed E-state index contributed by atoms with van der Waals surface area (Å²) < 4.78 is 0. The summed E-state index contributed by atoms with van der Waals surface area (Å²) in [6.07, 6.45) is 2.31. The van der Waals surface area contributed by atoms with Crippen molar-refractivity contribution in [1.82, 2.24) is 4.98 Å². The average molecular weight is 212 g/mol. The zero-order valence-corrected chi connectivity index (χ0v) is 8.46. The van der Waals surface area contributed by atoms with Gasteiger partial charge in [-0.3, -0.25) is 0 Å². The van der Waals surface area contributed by atoms with Crippen LogP contribution < -0.4 is 5.73 Å². The van der Waals surface area contributed by atoms with E-state index in [2.05, 4.69) is 4.98 Å². The van der Waals surface area contributed by atoms with Crippen LogP contribution in [0.4, 0.5) is 0 Å². The molecule has 0 aliphatic rings. The normalized spacial score (nSPS) is 10.1. The second kappa shape index (κ2) is 5.62. The Kier molecular flexibility index (Phi) is 4.42. The number of aromatic nitrogens is 1. The molecule has 0 amide bonds. The summed E-state index contributed by atoms with van der Waals surface area (Å²) in [5, 5.41) is 9.46. The molecule has 0 saturated carbocycles. The fourth-order valence-electron chi connectivity index (χ4n) is 0.852. The topological polar surface area (TPSA) is 76.2 Å². The van der Waals surface area contributed by atoms with Gasteiger partial charge in [-0.1, -0.05) is 0 Å². The Bertz CT molecular complexity index is 300. The number of pyridine rings is 1. The van der Waals surface area contributed by atoms with Crippen molar-refractivity contribution in [3.05, 3.63) is 23.9 Å². The summed E-state index contributed by atoms with van der Waals surface area (Å²) in [5.74, 6) is -0.0355. The molecule has 0 radical (unpaired) electrons. The number of carbonyl (C=O) groups is 1. The van der Waals surface area contributed by atoms with Gasteiger partial charge in [0.25, 0.3) is 0 Å². The van der Waals surface area contributed by atoms with Crippen LogP contribution in [0.2, 0.25) is 0 Å². The molecule has 0 spiro atoms. The summed E-state index contributed by atoms with van der Waals surface area (Å²) in [6.45, 7) is 0.667. The first-order chi connectivity index (χ1) is 6.74. The van der Waals surface area contributed by atoms with Crippen LogP contribution in [-0.4, -0.2) is 28.4 Å². The summed E-state index contributed by atoms with van der Waals surface area (Å²) in [7, 11) is 0. The lowest BCUT2D eigenvalue weighted by atomic mass is 10.3. The van der Waals surface area contributed by atoms with E-state index in [-0.39, 0.29) is 5.56 Å². The lowest BCUT2D eigenvalue weighted by Crippen LogP contribution is -2.00. The van der Waals surface area contributed by atoms with Crippen LogP contribution in [0, 0.1) is 0 Å². The van der Waals surface area contributed by atoms with Crippen molar-refractivity contribution in [3.8, 4) is 0 Å². The van der Waals surface area contributed by atoms with Gasteiger partial charge in [-0.15, -0.1) is 11.8 Å². The average Bonchev–Trinajstić information content (AvgIpc) is 2.19. The summed E-state index contributed by atoms with van der Waals surface area (Å²) in [4.78, 5) is 14.5. The molecule has 76 valence electrons. The molecule has 0 atom stereocenters. The molecule has 0 aliphatic heterocycles. The van der Waals surface area contributed by atoms with Gasteiger partial charge in [0.2, 0.25) is 0 Å². The number of nitrogens with zero attached hydrogens (tertiary/aromatic N) is 1. The van der Waals surface area contributed by atoms with Crippen LogP contribution in [0.3, 0.4) is 0 Å². The van der Waals surface area contributed by atoms with Crippen molar-refractivity contribution in [2.75, 3.05) is 12.3 Å². The lowest BCUT2D eigenvalue weighted by Gasteiger charge is -1.99. The van der Waals surface area contributed by atoms with E-state index < -0.39 is 5.97 Å². The van der Waals surface area contributed by atoms with E-state index in [0.717, 1.165) is 17.2 Å². The molecule has 1 aromatic heterocycles. The maximum atomic E-state index is 10.5. The van der Waals surface area contributed by atoms with Gasteiger partial charge < -0.3 is 10.8 Å². The Hall–Kier alpha value is -1.07. The number of hydrogen-bond acceptors (Lipinski definition) is 4. The van der Waals surface area contributed by atoms with Crippen molar-refractivity contribution >= 4 is 17.7 Å². The molecule has 4 nitrogen and oxygen atoms in total. The molecule has 0 saturated heterocycles. The highest BCUT2D eigenvalue weighted by Crippen LogP contribution is 2.15. The van der Waals surface area contributed by atoms with Crippen LogP contribution in [0.15, 0.2) is 23.4 Å². The van der Waals surface area contributed by atoms with E-state index in [1.165, 1.54) is 6.20 Å². The van der Waals surface area contributed by atoms with Crippen LogP contribution in [-0.2, 0) is 0 Å². The molecule has 1 rings (SSSR count). The molecule has 3 N–H and O–H groups in total. The monoisotopic (exact) mass is 212 g/mol. The maximum absolute atomic E-state index is 10.5. The Morgan fingerprint density at radius 3 is 2.86 bits per heavy atom. The highest BCUT2D eigenvalue weighted by molar-refractivity contribution is 7.99. The second-order valence-electron chi connectivity index (χ2n) is 2.68. The number of thioether (sulfide) groups is 1. The number of rotatable bonds is 5. The number of hydrogen-bond donors (Lipinski definition) is 2. The number of carboxylic acids is 1. The van der Waals surface area contributed by atoms with Crippen molar-refractivity contribution < 1.29 is 9.90 Å². The molecular weight excluding hydrogens is 200 g/mol. The first-order valence-corrected chi connectivity index (χ1v) is 5.25. The third kappa shape index (κ3) is 3.35. The van der Waals surface area contributed by atoms with Gasteiger partial charge in [-0.05, 0) is 25.1 Å². The molecule has 1 heterocycles. The first-order valence-electron chi connectivity index (χ1n) is 4.26. The number of nitrogens with two attached hydrogens (primary N) is 1.